The number of hydrazone groups is 1. The first-order valence-electron chi connectivity index (χ1n) is 11.5. The van der Waals surface area contributed by atoms with Gasteiger partial charge in [-0.05, 0) is 48.9 Å². The molecule has 1 unspecified atom stereocenters. The predicted octanol–water partition coefficient (Wildman–Crippen LogP) is 3.69. The molecule has 1 aliphatic heterocycles. The Kier molecular flexibility index (Phi) is 10.4. The molecule has 0 saturated heterocycles. The molecule has 8 heteroatoms. The van der Waals surface area contributed by atoms with Crippen LogP contribution in [0.1, 0.15) is 36.8 Å². The lowest BCUT2D eigenvalue weighted by atomic mass is 10.1. The Morgan fingerprint density at radius 2 is 2.00 bits per heavy atom. The van der Waals surface area contributed by atoms with E-state index >= 15 is 0 Å². The van der Waals surface area contributed by atoms with Gasteiger partial charge in [0.05, 0.1) is 0 Å². The van der Waals surface area contributed by atoms with Crippen LogP contribution in [0, 0.1) is 0 Å². The van der Waals surface area contributed by atoms with Gasteiger partial charge in [0.2, 0.25) is 5.91 Å². The number of aromatic hydroxyl groups is 1. The second-order valence-electron chi connectivity index (χ2n) is 8.02. The van der Waals surface area contributed by atoms with Crippen LogP contribution in [0.4, 0.5) is 0 Å². The Morgan fingerprint density at radius 1 is 1.18 bits per heavy atom. The third kappa shape index (κ3) is 8.63. The Labute approximate surface area is 200 Å². The van der Waals surface area contributed by atoms with Crippen molar-refractivity contribution in [3.63, 3.8) is 0 Å². The van der Waals surface area contributed by atoms with Crippen LogP contribution in [-0.2, 0) is 21.7 Å². The highest BCUT2D eigenvalue weighted by molar-refractivity contribution is 8.13. The molecule has 0 saturated carbocycles. The zero-order valence-electron chi connectivity index (χ0n) is 19.2. The normalized spacial score (nSPS) is 15.2. The van der Waals surface area contributed by atoms with E-state index < -0.39 is 0 Å². The molecule has 1 atom stereocenters. The number of phenols is 1. The summed E-state index contributed by atoms with van der Waals surface area (Å²) < 4.78 is 5.22. The van der Waals surface area contributed by atoms with E-state index in [4.69, 9.17) is 4.74 Å². The maximum Gasteiger partial charge on any atom is 0.220 e. The Bertz CT molecular complexity index is 894. The van der Waals surface area contributed by atoms with E-state index in [-0.39, 0.29) is 17.8 Å². The van der Waals surface area contributed by atoms with E-state index in [9.17, 15) is 9.90 Å². The summed E-state index contributed by atoms with van der Waals surface area (Å²) in [4.78, 5) is 14.5. The number of ether oxygens (including phenoxy) is 1. The summed E-state index contributed by atoms with van der Waals surface area (Å²) in [5.41, 5.74) is 5.52. The van der Waals surface area contributed by atoms with E-state index in [1.807, 2.05) is 30.3 Å². The molecule has 2 aromatic carbocycles. The second kappa shape index (κ2) is 13.7. The second-order valence-corrected chi connectivity index (χ2v) is 8.96. The molecule has 3 N–H and O–H groups in total. The van der Waals surface area contributed by atoms with Crippen LogP contribution in [0.5, 0.6) is 5.75 Å². The topological polar surface area (TPSA) is 86.2 Å². The van der Waals surface area contributed by atoms with E-state index in [1.54, 1.807) is 31.0 Å². The fraction of sp³-hybridized carbons (Fsp3) is 0.440. The average Bonchev–Trinajstić information content (AvgIpc) is 3.20. The fourth-order valence-corrected chi connectivity index (χ4v) is 4.67. The zero-order chi connectivity index (χ0) is 23.3. The van der Waals surface area contributed by atoms with Crippen molar-refractivity contribution in [1.29, 1.82) is 0 Å². The standard InChI is InChI=1S/C25H34N4O3S/c1-32-17-7-16-29-23(27-28-25(29)33-19-21-10-5-11-22(30)18-21)12-6-13-24(31)26-15-14-20-8-3-2-4-9-20/h2-5,8-11,18,23,27,30H,6-7,12-17,19H2,1H3,(H,26,31). The van der Waals surface area contributed by atoms with Gasteiger partial charge in [-0.3, -0.25) is 10.2 Å². The summed E-state index contributed by atoms with van der Waals surface area (Å²) in [6, 6.07) is 17.5. The van der Waals surface area contributed by atoms with Gasteiger partial charge in [-0.15, -0.1) is 0 Å². The minimum Gasteiger partial charge on any atom is -0.508 e. The van der Waals surface area contributed by atoms with Crippen LogP contribution < -0.4 is 10.7 Å². The number of benzene rings is 2. The number of rotatable bonds is 13. The molecule has 7 nitrogen and oxygen atoms in total. The summed E-state index contributed by atoms with van der Waals surface area (Å²) in [5, 5.41) is 18.2. The summed E-state index contributed by atoms with van der Waals surface area (Å²) in [5.74, 6) is 1.09. The smallest absolute Gasteiger partial charge is 0.220 e. The number of nitrogens with one attached hydrogen (secondary N) is 2. The van der Waals surface area contributed by atoms with Crippen LogP contribution in [0.2, 0.25) is 0 Å². The van der Waals surface area contributed by atoms with Crippen molar-refractivity contribution in [3.8, 4) is 5.75 Å². The van der Waals surface area contributed by atoms with Gasteiger partial charge in [-0.25, -0.2) is 0 Å². The molecule has 0 radical (unpaired) electrons. The molecule has 1 aliphatic rings. The van der Waals surface area contributed by atoms with Crippen molar-refractivity contribution >= 4 is 22.8 Å². The monoisotopic (exact) mass is 470 g/mol. The highest BCUT2D eigenvalue weighted by Crippen LogP contribution is 2.24. The molecule has 33 heavy (non-hydrogen) atoms. The molecule has 0 aliphatic carbocycles. The van der Waals surface area contributed by atoms with Crippen molar-refractivity contribution in [2.24, 2.45) is 5.10 Å². The van der Waals surface area contributed by atoms with Crippen molar-refractivity contribution in [2.75, 3.05) is 26.8 Å². The third-order valence-electron chi connectivity index (χ3n) is 5.42. The highest BCUT2D eigenvalue weighted by Gasteiger charge is 2.27. The lowest BCUT2D eigenvalue weighted by molar-refractivity contribution is -0.121. The SMILES string of the molecule is COCCCN1C(SCc2cccc(O)c2)=NNC1CCCC(=O)NCCc1ccccc1. The van der Waals surface area contributed by atoms with Crippen molar-refractivity contribution in [2.45, 2.75) is 44.0 Å². The summed E-state index contributed by atoms with van der Waals surface area (Å²) in [7, 11) is 1.71. The number of amides is 1. The van der Waals surface area contributed by atoms with E-state index in [0.29, 0.717) is 19.6 Å². The van der Waals surface area contributed by atoms with Gasteiger partial charge in [-0.2, -0.15) is 5.10 Å². The number of hydrogen-bond acceptors (Lipinski definition) is 7. The summed E-state index contributed by atoms with van der Waals surface area (Å²) >= 11 is 1.65. The molecule has 1 amide bonds. The number of amidine groups is 1. The molecule has 1 heterocycles. The maximum atomic E-state index is 12.2. The minimum atomic E-state index is 0.0747. The fourth-order valence-electron chi connectivity index (χ4n) is 3.69. The maximum absolute atomic E-state index is 12.2. The van der Waals surface area contributed by atoms with Crippen molar-refractivity contribution in [3.05, 3.63) is 65.7 Å². The lowest BCUT2D eigenvalue weighted by Gasteiger charge is -2.26. The van der Waals surface area contributed by atoms with Crippen LogP contribution in [-0.4, -0.2) is 54.1 Å². The third-order valence-corrected chi connectivity index (χ3v) is 6.48. The Balaban J connectivity index is 1.41. The van der Waals surface area contributed by atoms with E-state index in [2.05, 4.69) is 32.9 Å². The van der Waals surface area contributed by atoms with Gasteiger partial charge >= 0.3 is 0 Å². The Morgan fingerprint density at radius 3 is 2.79 bits per heavy atom. The quantitative estimate of drug-likeness (QED) is 0.387. The molecule has 0 aromatic heterocycles. The number of carbonyl (C=O) groups is 1. The van der Waals surface area contributed by atoms with Crippen molar-refractivity contribution < 1.29 is 14.6 Å². The molecule has 0 bridgehead atoms. The number of nitrogens with zero attached hydrogens (tertiary/aromatic N) is 2. The molecule has 0 fully saturated rings. The first-order valence-corrected chi connectivity index (χ1v) is 12.4. The van der Waals surface area contributed by atoms with Gasteiger partial charge in [-0.1, -0.05) is 54.2 Å². The largest absolute Gasteiger partial charge is 0.508 e. The first kappa shape index (κ1) is 24.9. The number of methoxy groups -OCH3 is 1. The van der Waals surface area contributed by atoms with Crippen LogP contribution in [0.3, 0.4) is 0 Å². The van der Waals surface area contributed by atoms with E-state index in [0.717, 1.165) is 48.7 Å². The number of carbonyl (C=O) groups excluding carboxylic acids is 1. The van der Waals surface area contributed by atoms with Gasteiger partial charge in [0.15, 0.2) is 5.17 Å². The highest BCUT2D eigenvalue weighted by atomic mass is 32.2. The molecule has 178 valence electrons. The average molecular weight is 471 g/mol. The molecule has 3 rings (SSSR count). The molecular formula is C25H34N4O3S. The predicted molar refractivity (Wildman–Crippen MR) is 134 cm³/mol. The first-order chi connectivity index (χ1) is 16.2. The minimum absolute atomic E-state index is 0.0747. The lowest BCUT2D eigenvalue weighted by Crippen LogP contribution is -2.40. The summed E-state index contributed by atoms with van der Waals surface area (Å²) in [6.45, 7) is 2.19. The van der Waals surface area contributed by atoms with Gasteiger partial charge in [0, 0.05) is 39.0 Å². The van der Waals surface area contributed by atoms with Crippen LogP contribution in [0.25, 0.3) is 0 Å². The number of hydrogen-bond donors (Lipinski definition) is 3. The van der Waals surface area contributed by atoms with Crippen LogP contribution in [0.15, 0.2) is 59.7 Å². The van der Waals surface area contributed by atoms with E-state index in [1.165, 1.54) is 5.56 Å². The zero-order valence-corrected chi connectivity index (χ0v) is 20.0. The van der Waals surface area contributed by atoms with Gasteiger partial charge in [0.25, 0.3) is 0 Å². The Hall–Kier alpha value is -2.71. The summed E-state index contributed by atoms with van der Waals surface area (Å²) in [6.07, 6.45) is 3.95. The molecule has 0 spiro atoms. The molecular weight excluding hydrogens is 436 g/mol. The van der Waals surface area contributed by atoms with Crippen LogP contribution >= 0.6 is 11.8 Å². The number of phenolic OH excluding ortho intramolecular Hbond substituents is 1. The number of thioether (sulfide) groups is 1. The van der Waals surface area contributed by atoms with Gasteiger partial charge < -0.3 is 20.1 Å². The molecule has 2 aromatic rings. The van der Waals surface area contributed by atoms with Crippen molar-refractivity contribution in [1.82, 2.24) is 15.6 Å². The van der Waals surface area contributed by atoms with Gasteiger partial charge in [0.1, 0.15) is 11.9 Å².